The van der Waals surface area contributed by atoms with E-state index in [1.54, 1.807) is 28.2 Å². The van der Waals surface area contributed by atoms with Crippen LogP contribution in [0.4, 0.5) is 143 Å². The van der Waals surface area contributed by atoms with E-state index in [-0.39, 0.29) is 53.5 Å². The van der Waals surface area contributed by atoms with E-state index in [0.717, 1.165) is 125 Å². The van der Waals surface area contributed by atoms with Gasteiger partial charge in [-0.25, -0.2) is 0 Å². The molecule has 56 nitrogen and oxygen atoms in total. The SMILES string of the molecule is CNc1nc(N)nc(N(C)CCc2ccc(C)[nH]2)n1.CNc1nc(N)nc(NCCc2ccc(C)[nH]2)n1.CNc1nc(NC)nc(NCCc2ccc(C)[nH]2)n1.Cc1ccc(CCN(C)c2nc(N)nc(N(C)C)n2)[nH]1.Cc1ccc(CCN(C)c2nc(N)nc(N)n2)[nH]1.Cc1ccc(CCNc2nc(N(C)C)nc(N(C)C)n2)[nH]1.Cc1ccc(CCNc2nc(N)nc(N)n2)[nH]1.Cc1ccc(CCNc2nc(N)nc(N)n2)o1. The Morgan fingerprint density at radius 1 is 0.215 bits per heavy atom. The summed E-state index contributed by atoms with van der Waals surface area (Å²) in [5.74, 6) is 11.1. The fourth-order valence-electron chi connectivity index (χ4n) is 13.3. The summed E-state index contributed by atoms with van der Waals surface area (Å²) in [6.45, 7) is 22.1. The Morgan fingerprint density at radius 2 is 0.416 bits per heavy atom. The van der Waals surface area contributed by atoms with E-state index in [4.69, 9.17) is 56.0 Å². The molecule has 0 aromatic carbocycles. The lowest BCUT2D eigenvalue weighted by Crippen LogP contribution is -2.25. The molecule has 0 amide bonds. The Labute approximate surface area is 865 Å². The lowest BCUT2D eigenvalue weighted by Gasteiger charge is -2.18. The third-order valence-corrected chi connectivity index (χ3v) is 20.8. The van der Waals surface area contributed by atoms with E-state index >= 15 is 0 Å². The molecule has 149 heavy (non-hydrogen) atoms. The molecule has 798 valence electrons. The summed E-state index contributed by atoms with van der Waals surface area (Å²) in [4.78, 5) is 132. The molecule has 0 radical (unpaired) electrons. The van der Waals surface area contributed by atoms with E-state index in [1.807, 2.05) is 172 Å². The number of aromatic amines is 7. The van der Waals surface area contributed by atoms with Crippen molar-refractivity contribution in [1.82, 2.24) is 155 Å². The average Bonchev–Trinajstić information content (AvgIpc) is 1.35. The number of nitrogens with zero attached hydrogens (tertiary/aromatic N) is 30. The molecule has 0 atom stereocenters. The number of likely N-dealkylation sites (N-methyl/N-ethyl adjacent to an activating group) is 3. The van der Waals surface area contributed by atoms with E-state index in [0.29, 0.717) is 102 Å². The minimum atomic E-state index is 0.105. The molecule has 0 aliphatic rings. The normalized spacial score (nSPS) is 10.4. The van der Waals surface area contributed by atoms with Gasteiger partial charge >= 0.3 is 0 Å². The number of H-pyrrole nitrogens is 7. The molecular weight excluding hydrogens is 1900 g/mol. The van der Waals surface area contributed by atoms with Gasteiger partial charge in [0.2, 0.25) is 143 Å². The Balaban J connectivity index is 0.000000189. The highest BCUT2D eigenvalue weighted by Gasteiger charge is 2.17. The number of nitrogens with two attached hydrogens (primary N) is 9. The molecule has 0 bridgehead atoms. The van der Waals surface area contributed by atoms with Crippen LogP contribution in [-0.4, -0.2) is 298 Å². The number of furan rings is 1. The van der Waals surface area contributed by atoms with E-state index in [1.165, 1.54) is 56.9 Å². The second-order valence-electron chi connectivity index (χ2n) is 34.4. The van der Waals surface area contributed by atoms with Crippen molar-refractivity contribution in [1.29, 1.82) is 0 Å². The molecule has 0 fully saturated rings. The number of rotatable bonds is 39. The van der Waals surface area contributed by atoms with Gasteiger partial charge in [-0.1, -0.05) is 0 Å². The van der Waals surface area contributed by atoms with Crippen molar-refractivity contribution in [3.05, 3.63) is 188 Å². The number of aryl methyl sites for hydroxylation is 8. The molecule has 16 heterocycles. The van der Waals surface area contributed by atoms with E-state index < -0.39 is 0 Å². The molecule has 0 aliphatic carbocycles. The van der Waals surface area contributed by atoms with Crippen molar-refractivity contribution in [2.45, 2.75) is 107 Å². The fraction of sp³-hybridized carbons (Fsp3) is 0.398. The second-order valence-corrected chi connectivity index (χ2v) is 34.4. The van der Waals surface area contributed by atoms with Crippen LogP contribution in [0.25, 0.3) is 0 Å². The van der Waals surface area contributed by atoms with E-state index in [2.05, 4.69) is 276 Å². The Hall–Kier alpha value is -18.5. The predicted octanol–water partition coefficient (Wildman–Crippen LogP) is 6.24. The van der Waals surface area contributed by atoms with Crippen LogP contribution in [-0.2, 0) is 51.4 Å². The van der Waals surface area contributed by atoms with Gasteiger partial charge in [-0.3, -0.25) is 0 Å². The summed E-state index contributed by atoms with van der Waals surface area (Å²) < 4.78 is 5.43. The lowest BCUT2D eigenvalue weighted by molar-refractivity contribution is 0.486. The molecule has 0 unspecified atom stereocenters. The van der Waals surface area contributed by atoms with Gasteiger partial charge in [-0.15, -0.1) is 0 Å². The number of anilines is 24. The molecular formula is C93H145N55O. The first-order valence-electron chi connectivity index (χ1n) is 47.7. The largest absolute Gasteiger partial charge is 0.466 e. The number of hydrogen-bond donors (Lipinski definition) is 25. The first kappa shape index (κ1) is 114. The molecule has 16 rings (SSSR count). The fourth-order valence-corrected chi connectivity index (χ4v) is 13.3. The van der Waals surface area contributed by atoms with Crippen molar-refractivity contribution < 1.29 is 4.42 Å². The second kappa shape index (κ2) is 57.7. The maximum absolute atomic E-state index is 5.72. The van der Waals surface area contributed by atoms with Crippen LogP contribution in [0.3, 0.4) is 0 Å². The Morgan fingerprint density at radius 3 is 0.705 bits per heavy atom. The predicted molar refractivity (Wildman–Crippen MR) is 594 cm³/mol. The summed E-state index contributed by atoms with van der Waals surface area (Å²) >= 11 is 0. The first-order valence-corrected chi connectivity index (χ1v) is 47.7. The van der Waals surface area contributed by atoms with Crippen LogP contribution in [0.5, 0.6) is 0 Å². The molecule has 56 heteroatoms. The highest BCUT2D eigenvalue weighted by atomic mass is 16.3. The van der Waals surface area contributed by atoms with Gasteiger partial charge in [0, 0.05) is 275 Å². The lowest BCUT2D eigenvalue weighted by atomic mass is 10.3. The number of aromatic nitrogens is 31. The quantitative estimate of drug-likeness (QED) is 0.0202. The highest BCUT2D eigenvalue weighted by Crippen LogP contribution is 2.21. The smallest absolute Gasteiger partial charge is 0.231 e. The topological polar surface area (TPSA) is 795 Å². The molecule has 16 aromatic heterocycles. The third-order valence-electron chi connectivity index (χ3n) is 20.8. The van der Waals surface area contributed by atoms with E-state index in [9.17, 15) is 0 Å². The van der Waals surface area contributed by atoms with Crippen molar-refractivity contribution >= 4 is 143 Å². The minimum Gasteiger partial charge on any atom is -0.466 e. The van der Waals surface area contributed by atoms with Crippen molar-refractivity contribution in [3.8, 4) is 0 Å². The van der Waals surface area contributed by atoms with Gasteiger partial charge in [-0.2, -0.15) is 120 Å². The Bertz CT molecular complexity index is 6480. The van der Waals surface area contributed by atoms with Crippen LogP contribution in [0.15, 0.2) is 101 Å². The summed E-state index contributed by atoms with van der Waals surface area (Å²) in [6, 6.07) is 32.8. The van der Waals surface area contributed by atoms with Crippen LogP contribution in [0, 0.1) is 55.4 Å². The summed E-state index contributed by atoms with van der Waals surface area (Å²) in [5, 5.41) is 27.1. The zero-order valence-electron chi connectivity index (χ0n) is 88.6. The molecule has 0 aliphatic heterocycles. The third kappa shape index (κ3) is 41.0. The number of hydrogen-bond acceptors (Lipinski definition) is 49. The maximum Gasteiger partial charge on any atom is 0.231 e. The van der Waals surface area contributed by atoms with Gasteiger partial charge in [0.05, 0.1) is 0 Å². The monoisotopic (exact) mass is 2050 g/mol. The molecule has 0 saturated carbocycles. The Kier molecular flexibility index (Phi) is 44.2. The van der Waals surface area contributed by atoms with Gasteiger partial charge in [0.25, 0.3) is 0 Å². The van der Waals surface area contributed by atoms with Crippen LogP contribution in [0.2, 0.25) is 0 Å². The van der Waals surface area contributed by atoms with Crippen LogP contribution >= 0.6 is 0 Å². The molecule has 34 N–H and O–H groups in total. The highest BCUT2D eigenvalue weighted by molar-refractivity contribution is 5.49. The van der Waals surface area contributed by atoms with Crippen LogP contribution in [0.1, 0.15) is 91.2 Å². The number of nitrogens with one attached hydrogen (secondary N) is 16. The van der Waals surface area contributed by atoms with Gasteiger partial charge in [-0.05, 0) is 152 Å². The minimum absolute atomic E-state index is 0.105. The van der Waals surface area contributed by atoms with Crippen molar-refractivity contribution in [3.63, 3.8) is 0 Å². The molecule has 0 saturated heterocycles. The van der Waals surface area contributed by atoms with Gasteiger partial charge in [0.15, 0.2) is 0 Å². The summed E-state index contributed by atoms with van der Waals surface area (Å²) in [5.41, 5.74) is 66.3. The van der Waals surface area contributed by atoms with Gasteiger partial charge in [0.1, 0.15) is 11.5 Å². The van der Waals surface area contributed by atoms with Crippen molar-refractivity contribution in [2.75, 3.05) is 273 Å². The standard InChI is InChI=1S/C14H23N7.C13H21N7.2C12H19N7.2C11H17N7.C10H15N7.C10H14N6O/c1-10-6-7-11(16-10)8-9-15-12-17-13(20(2)3)19-14(18-12)21(4)5;1-9-5-6-10(15-9)7-8-20(4)13-17-11(14)16-12(18-13)19(2)3;1-8-4-5-9(15-8)6-7-19(3)12-17-10(13)16-11(14-2)18-12;1-8-4-5-9(16-8)6-7-15-12-18-10(13-2)17-11(14-3)19-12;1-7-3-4-8(14-7)5-6-18(2)11-16-9(12)15-10(13)17-11;1-7-3-4-8(15-7)5-6-14-11-17-9(12)16-10(13-2)18-11;1-6-2-3-7(14-6)4-5-13-10-16-8(11)15-9(12)17-10;1-6-2-3-7(17-6)4-5-13-10-15-8(11)14-9(12)16-10/h6-7,16H,8-9H2,1-5H3,(H,15,17,18,19);5-6,15H,7-8H2,1-4H3,(H2,14,16,17,18);4-5,15H,6-7H2,1-3H3,(H3,13,14,16,17,18);4-5,16H,6-7H2,1-3H3,(H3,13,14,15,17,18,19);3-4,14H,5-6H2,1-2H3,(H4,12,13,15,16,17);3-4,15H,5-6H2,1-2H3,(H4,12,13,14,16,17,18);2-3,14H,4-5H2,1H3,(H5,11,12,13,15,16,17);2-3H,4-5H2,1H3,(H5,11,12,13,14,15,16). The number of nitrogen functional groups attached to an aromatic ring is 9. The van der Waals surface area contributed by atoms with Crippen LogP contribution < -0.4 is 129 Å². The first-order chi connectivity index (χ1) is 71.2. The zero-order chi connectivity index (χ0) is 108. The van der Waals surface area contributed by atoms with Gasteiger partial charge < -0.3 is 168 Å². The zero-order valence-corrected chi connectivity index (χ0v) is 88.6. The maximum atomic E-state index is 5.72. The average molecular weight is 2050 g/mol. The summed E-state index contributed by atoms with van der Waals surface area (Å²) in [6.07, 6.45) is 6.90. The molecule has 0 spiro atoms. The molecule has 16 aromatic rings. The van der Waals surface area contributed by atoms with Crippen molar-refractivity contribution in [2.24, 2.45) is 0 Å². The summed E-state index contributed by atoms with van der Waals surface area (Å²) in [7, 11) is 24.2.